The van der Waals surface area contributed by atoms with E-state index in [1.165, 1.54) is 0 Å². The number of hydrogen-bond acceptors (Lipinski definition) is 2. The predicted molar refractivity (Wildman–Crippen MR) is 97.8 cm³/mol. The van der Waals surface area contributed by atoms with Crippen LogP contribution < -0.4 is 67.3 Å². The van der Waals surface area contributed by atoms with Gasteiger partial charge in [-0.3, -0.25) is 4.55 Å². The van der Waals surface area contributed by atoms with E-state index in [1.807, 2.05) is 18.2 Å². The van der Waals surface area contributed by atoms with Gasteiger partial charge in [0.1, 0.15) is 15.9 Å². The topological polar surface area (TPSA) is 54.4 Å². The molecule has 0 aliphatic rings. The summed E-state index contributed by atoms with van der Waals surface area (Å²) in [5, 5.41) is 1.83. The molecule has 0 aromatic heterocycles. The van der Waals surface area contributed by atoms with E-state index in [2.05, 4.69) is 0 Å². The molecule has 0 fully saturated rings. The molecule has 0 radical (unpaired) electrons. The van der Waals surface area contributed by atoms with Crippen molar-refractivity contribution in [3.8, 4) is 0 Å². The molecule has 0 unspecified atom stereocenters. The van der Waals surface area contributed by atoms with Gasteiger partial charge in [0.2, 0.25) is 0 Å². The molecular formula is C18H17KO3PS+. The summed E-state index contributed by atoms with van der Waals surface area (Å²) in [5.41, 5.74) is 0. The number of rotatable bonds is 4. The molecule has 0 amide bonds. The van der Waals surface area contributed by atoms with E-state index in [4.69, 9.17) is 0 Å². The fourth-order valence-corrected chi connectivity index (χ4v) is 9.72. The predicted octanol–water partition coefficient (Wildman–Crippen LogP) is -0.100. The Balaban J connectivity index is 0.00000156. The maximum atomic E-state index is 12.7. The molecule has 6 heteroatoms. The summed E-state index contributed by atoms with van der Waals surface area (Å²) >= 11 is 0. The van der Waals surface area contributed by atoms with Gasteiger partial charge in [0.25, 0.3) is 6.46 Å². The van der Waals surface area contributed by atoms with E-state index in [9.17, 15) is 13.0 Å². The summed E-state index contributed by atoms with van der Waals surface area (Å²) in [5.74, 6) is 0. The Morgan fingerprint density at radius 2 is 0.875 bits per heavy atom. The van der Waals surface area contributed by atoms with Gasteiger partial charge in [-0.2, -0.15) is 8.42 Å². The molecule has 3 rings (SSSR count). The van der Waals surface area contributed by atoms with Crippen LogP contribution in [0, 0.1) is 0 Å². The van der Waals surface area contributed by atoms with Gasteiger partial charge in [-0.1, -0.05) is 54.6 Å². The Hall–Kier alpha value is -0.364. The maximum Gasteiger partial charge on any atom is 1.00 e. The number of hydrogen-bond donors (Lipinski definition) is 1. The first-order valence-corrected chi connectivity index (χ1v) is 10.9. The Bertz CT molecular complexity index is 795. The monoisotopic (exact) mass is 383 g/mol. The average molecular weight is 383 g/mol. The first-order chi connectivity index (χ1) is 11.1. The maximum absolute atomic E-state index is 12.7. The van der Waals surface area contributed by atoms with Crippen molar-refractivity contribution >= 4 is 32.1 Å². The van der Waals surface area contributed by atoms with Gasteiger partial charge in [-0.05, 0) is 36.4 Å². The Morgan fingerprint density at radius 3 is 1.08 bits per heavy atom. The van der Waals surface area contributed by atoms with E-state index in [-0.39, 0.29) is 52.8 Å². The van der Waals surface area contributed by atoms with E-state index in [0.717, 1.165) is 0 Å². The summed E-state index contributed by atoms with van der Waals surface area (Å²) in [4.78, 5) is 0. The summed E-state index contributed by atoms with van der Waals surface area (Å²) < 4.78 is 35.6. The molecule has 0 atom stereocenters. The van der Waals surface area contributed by atoms with Crippen LogP contribution in [0.25, 0.3) is 0 Å². The summed E-state index contributed by atoms with van der Waals surface area (Å²) in [6.45, 7) is -3.21. The molecular weight excluding hydrogens is 366 g/mol. The zero-order valence-corrected chi connectivity index (χ0v) is 18.1. The standard InChI is InChI=1S/C18H15O3PS.K.H/c19-23(20,21)22(16-10-4-1-5-11-16,17-12-6-2-7-13-17)18-14-8-3-9-15-18;;/h1-15H;;/q;+1;-1/p+1. The average Bonchev–Trinajstić information content (AvgIpc) is 2.57. The van der Waals surface area contributed by atoms with Gasteiger partial charge in [-0.15, -0.1) is 0 Å². The Labute approximate surface area is 186 Å². The fourth-order valence-electron chi connectivity index (χ4n) is 2.76. The molecule has 0 aliphatic carbocycles. The van der Waals surface area contributed by atoms with Gasteiger partial charge in [0.15, 0.2) is 0 Å². The van der Waals surface area contributed by atoms with E-state index in [0.29, 0.717) is 15.9 Å². The van der Waals surface area contributed by atoms with E-state index < -0.39 is 16.2 Å². The molecule has 1 N–H and O–H groups in total. The van der Waals surface area contributed by atoms with Crippen LogP contribution in [0.3, 0.4) is 0 Å². The Morgan fingerprint density at radius 1 is 0.625 bits per heavy atom. The summed E-state index contributed by atoms with van der Waals surface area (Å²) in [6, 6.07) is 26.8. The van der Waals surface area contributed by atoms with Crippen molar-refractivity contribution in [2.45, 2.75) is 0 Å². The zero-order chi connectivity index (χ0) is 16.3. The van der Waals surface area contributed by atoms with Gasteiger partial charge in [0.05, 0.1) is 0 Å². The van der Waals surface area contributed by atoms with Crippen molar-refractivity contribution in [2.75, 3.05) is 0 Å². The molecule has 0 aliphatic heterocycles. The van der Waals surface area contributed by atoms with Crippen LogP contribution in [0.2, 0.25) is 0 Å². The second kappa shape index (κ2) is 8.34. The largest absolute Gasteiger partial charge is 1.00 e. The molecule has 118 valence electrons. The third-order valence-corrected chi connectivity index (χ3v) is 11.4. The van der Waals surface area contributed by atoms with E-state index >= 15 is 0 Å². The van der Waals surface area contributed by atoms with Crippen molar-refractivity contribution < 1.29 is 65.8 Å². The molecule has 0 saturated carbocycles. The van der Waals surface area contributed by atoms with Crippen LogP contribution in [-0.4, -0.2) is 13.0 Å². The molecule has 0 bridgehead atoms. The molecule has 3 aromatic carbocycles. The summed E-state index contributed by atoms with van der Waals surface area (Å²) in [6.07, 6.45) is 0. The van der Waals surface area contributed by atoms with Crippen molar-refractivity contribution in [3.63, 3.8) is 0 Å². The van der Waals surface area contributed by atoms with Crippen molar-refractivity contribution in [3.05, 3.63) is 91.0 Å². The van der Waals surface area contributed by atoms with E-state index in [1.54, 1.807) is 72.8 Å². The smallest absolute Gasteiger partial charge is 1.00 e. The normalized spacial score (nSPS) is 11.5. The van der Waals surface area contributed by atoms with Gasteiger partial charge < -0.3 is 1.43 Å². The molecule has 0 spiro atoms. The third-order valence-electron chi connectivity index (χ3n) is 3.71. The molecule has 0 saturated heterocycles. The van der Waals surface area contributed by atoms with Crippen LogP contribution in [0.1, 0.15) is 1.43 Å². The minimum Gasteiger partial charge on any atom is -1.00 e. The van der Waals surface area contributed by atoms with Crippen LogP contribution >= 0.6 is 6.46 Å². The molecule has 3 aromatic rings. The first kappa shape index (κ1) is 20.0. The Kier molecular flexibility index (Phi) is 6.94. The number of benzene rings is 3. The SMILES string of the molecule is O=S(=O)(O)[P+](c1ccccc1)(c1ccccc1)c1ccccc1.[H-].[K+]. The summed E-state index contributed by atoms with van der Waals surface area (Å²) in [7, 11) is -4.37. The molecule has 0 heterocycles. The zero-order valence-electron chi connectivity index (χ0n) is 14.3. The van der Waals surface area contributed by atoms with Crippen LogP contribution in [0.4, 0.5) is 0 Å². The molecule has 24 heavy (non-hydrogen) atoms. The fraction of sp³-hybridized carbons (Fsp3) is 0. The van der Waals surface area contributed by atoms with Crippen LogP contribution in [0.15, 0.2) is 91.0 Å². The van der Waals surface area contributed by atoms with Crippen LogP contribution in [-0.2, 0) is 9.74 Å². The quantitative estimate of drug-likeness (QED) is 0.389. The third kappa shape index (κ3) is 3.59. The minimum atomic E-state index is -4.37. The second-order valence-corrected chi connectivity index (χ2v) is 11.8. The molecule has 3 nitrogen and oxygen atoms in total. The van der Waals surface area contributed by atoms with Gasteiger partial charge in [-0.25, -0.2) is 0 Å². The van der Waals surface area contributed by atoms with Crippen molar-refractivity contribution in [2.24, 2.45) is 0 Å². The van der Waals surface area contributed by atoms with Gasteiger partial charge in [0, 0.05) is 0 Å². The van der Waals surface area contributed by atoms with Crippen molar-refractivity contribution in [1.29, 1.82) is 0 Å². The second-order valence-electron chi connectivity index (χ2n) is 5.06. The van der Waals surface area contributed by atoms with Gasteiger partial charge >= 0.3 is 61.1 Å². The first-order valence-electron chi connectivity index (χ1n) is 7.10. The van der Waals surface area contributed by atoms with Crippen molar-refractivity contribution in [1.82, 2.24) is 0 Å². The van der Waals surface area contributed by atoms with Crippen LogP contribution in [0.5, 0.6) is 0 Å². The minimum absolute atomic E-state index is 0.